The Morgan fingerprint density at radius 3 is 2.82 bits per heavy atom. The van der Waals surface area contributed by atoms with Gasteiger partial charge in [-0.2, -0.15) is 0 Å². The Bertz CT molecular complexity index is 482. The summed E-state index contributed by atoms with van der Waals surface area (Å²) in [4.78, 5) is 5.21. The summed E-state index contributed by atoms with van der Waals surface area (Å²) in [5.41, 5.74) is 0.704. The Morgan fingerprint density at radius 1 is 1.47 bits per heavy atom. The molecule has 0 aliphatic rings. The minimum Gasteiger partial charge on any atom is -0.387 e. The van der Waals surface area contributed by atoms with Crippen molar-refractivity contribution in [3.63, 3.8) is 0 Å². The van der Waals surface area contributed by atoms with E-state index < -0.39 is 6.10 Å². The van der Waals surface area contributed by atoms with Gasteiger partial charge in [0.15, 0.2) is 5.16 Å². The highest BCUT2D eigenvalue weighted by molar-refractivity contribution is 7.99. The lowest BCUT2D eigenvalue weighted by Crippen LogP contribution is -1.98. The van der Waals surface area contributed by atoms with E-state index in [0.29, 0.717) is 12.1 Å². The van der Waals surface area contributed by atoms with Crippen LogP contribution in [0, 0.1) is 0 Å². The molecule has 2 aromatic rings. The highest BCUT2D eigenvalue weighted by Gasteiger charge is 2.07. The minimum atomic E-state index is -0.483. The van der Waals surface area contributed by atoms with Gasteiger partial charge in [-0.3, -0.25) is 4.98 Å². The number of pyridine rings is 1. The Kier molecular flexibility index (Phi) is 3.75. The monoisotopic (exact) mass is 250 g/mol. The number of aryl methyl sites for hydroxylation is 1. The van der Waals surface area contributed by atoms with Gasteiger partial charge in [-0.25, -0.2) is 0 Å². The molecule has 1 N–H and O–H groups in total. The second-order valence-corrected chi connectivity index (χ2v) is 4.71. The van der Waals surface area contributed by atoms with E-state index in [1.165, 1.54) is 11.8 Å². The van der Waals surface area contributed by atoms with Crippen LogP contribution < -0.4 is 0 Å². The van der Waals surface area contributed by atoms with Crippen LogP contribution in [0.25, 0.3) is 0 Å². The molecule has 1 atom stereocenters. The molecule has 0 saturated carbocycles. The van der Waals surface area contributed by atoms with Crippen molar-refractivity contribution in [1.82, 2.24) is 19.7 Å². The third kappa shape index (κ3) is 2.83. The molecule has 0 unspecified atom stereocenters. The van der Waals surface area contributed by atoms with Gasteiger partial charge >= 0.3 is 0 Å². The molecule has 2 aromatic heterocycles. The largest absolute Gasteiger partial charge is 0.387 e. The van der Waals surface area contributed by atoms with Crippen LogP contribution in [0.3, 0.4) is 0 Å². The Balaban J connectivity index is 2.11. The Hall–Kier alpha value is -1.40. The first kappa shape index (κ1) is 12.1. The van der Waals surface area contributed by atoms with Crippen molar-refractivity contribution >= 4 is 11.8 Å². The second-order valence-electron chi connectivity index (χ2n) is 3.67. The predicted molar refractivity (Wildman–Crippen MR) is 64.6 cm³/mol. The molecule has 0 bridgehead atoms. The molecule has 0 aliphatic heterocycles. The van der Waals surface area contributed by atoms with Gasteiger partial charge in [0.2, 0.25) is 0 Å². The number of hydrogen-bond acceptors (Lipinski definition) is 5. The molecular formula is C11H14N4OS. The van der Waals surface area contributed by atoms with Crippen molar-refractivity contribution in [1.29, 1.82) is 0 Å². The lowest BCUT2D eigenvalue weighted by Gasteiger charge is -2.07. The first-order chi connectivity index (χ1) is 8.20. The summed E-state index contributed by atoms with van der Waals surface area (Å²) in [6, 6.07) is 3.77. The Morgan fingerprint density at radius 2 is 2.29 bits per heavy atom. The van der Waals surface area contributed by atoms with E-state index >= 15 is 0 Å². The first-order valence-electron chi connectivity index (χ1n) is 5.36. The zero-order valence-electron chi connectivity index (χ0n) is 9.74. The minimum absolute atomic E-state index is 0.483. The molecule has 90 valence electrons. The van der Waals surface area contributed by atoms with E-state index in [4.69, 9.17) is 0 Å². The molecule has 2 heterocycles. The molecule has 0 amide bonds. The number of rotatable bonds is 4. The van der Waals surface area contributed by atoms with E-state index in [2.05, 4.69) is 15.2 Å². The highest BCUT2D eigenvalue weighted by Crippen LogP contribution is 2.25. The first-order valence-corrected chi connectivity index (χ1v) is 6.18. The maximum atomic E-state index is 9.63. The van der Waals surface area contributed by atoms with Gasteiger partial charge in [-0.1, -0.05) is 6.92 Å². The molecule has 0 aromatic carbocycles. The lowest BCUT2D eigenvalue weighted by molar-refractivity contribution is 0.169. The fraction of sp³-hybridized carbons (Fsp3) is 0.364. The quantitative estimate of drug-likeness (QED) is 0.896. The maximum Gasteiger partial charge on any atom is 0.195 e. The third-order valence-electron chi connectivity index (χ3n) is 2.37. The molecule has 0 saturated heterocycles. The van der Waals surface area contributed by atoms with Gasteiger partial charge in [0, 0.05) is 18.1 Å². The van der Waals surface area contributed by atoms with E-state index in [1.54, 1.807) is 12.5 Å². The van der Waals surface area contributed by atoms with Crippen LogP contribution in [0.2, 0.25) is 0 Å². The van der Waals surface area contributed by atoms with E-state index in [-0.39, 0.29) is 0 Å². The number of hydrogen-bond donors (Lipinski definition) is 1. The van der Waals surface area contributed by atoms with Crippen LogP contribution in [-0.2, 0) is 7.05 Å². The number of aliphatic hydroxyl groups is 1. The normalized spacial score (nSPS) is 12.6. The topological polar surface area (TPSA) is 63.8 Å². The molecule has 5 nitrogen and oxygen atoms in total. The smallest absolute Gasteiger partial charge is 0.195 e. The summed E-state index contributed by atoms with van der Waals surface area (Å²) in [6.07, 6.45) is 3.59. The zero-order chi connectivity index (χ0) is 12.3. The predicted octanol–water partition coefficient (Wildman–Crippen LogP) is 1.80. The van der Waals surface area contributed by atoms with Crippen LogP contribution in [0.5, 0.6) is 0 Å². The van der Waals surface area contributed by atoms with Crippen molar-refractivity contribution in [3.8, 4) is 0 Å². The SMILES string of the molecule is CC[C@@H](O)c1ccc(Sc2nncn2C)cn1. The van der Waals surface area contributed by atoms with Gasteiger partial charge in [0.1, 0.15) is 6.33 Å². The molecule has 0 aliphatic carbocycles. The van der Waals surface area contributed by atoms with Crippen molar-refractivity contribution in [2.45, 2.75) is 29.5 Å². The summed E-state index contributed by atoms with van der Waals surface area (Å²) in [5, 5.41) is 18.2. The van der Waals surface area contributed by atoms with Crippen molar-refractivity contribution < 1.29 is 5.11 Å². The van der Waals surface area contributed by atoms with Crippen molar-refractivity contribution in [2.75, 3.05) is 0 Å². The fourth-order valence-electron chi connectivity index (χ4n) is 1.33. The molecule has 6 heteroatoms. The van der Waals surface area contributed by atoms with Crippen molar-refractivity contribution in [2.24, 2.45) is 7.05 Å². The Labute approximate surface area is 104 Å². The van der Waals surface area contributed by atoms with E-state index in [9.17, 15) is 5.11 Å². The number of aliphatic hydroxyl groups excluding tert-OH is 1. The summed E-state index contributed by atoms with van der Waals surface area (Å²) >= 11 is 1.49. The third-order valence-corrected chi connectivity index (χ3v) is 3.40. The van der Waals surface area contributed by atoms with Gasteiger partial charge in [-0.05, 0) is 30.3 Å². The fourth-order valence-corrected chi connectivity index (χ4v) is 2.06. The highest BCUT2D eigenvalue weighted by atomic mass is 32.2. The van der Waals surface area contributed by atoms with Gasteiger partial charge < -0.3 is 9.67 Å². The summed E-state index contributed by atoms with van der Waals surface area (Å²) in [6.45, 7) is 1.93. The molecule has 2 rings (SSSR count). The molecule has 0 fully saturated rings. The summed E-state index contributed by atoms with van der Waals surface area (Å²) in [5.74, 6) is 0. The van der Waals surface area contributed by atoms with Crippen molar-refractivity contribution in [3.05, 3.63) is 30.4 Å². The lowest BCUT2D eigenvalue weighted by atomic mass is 10.2. The average molecular weight is 250 g/mol. The molecular weight excluding hydrogens is 236 g/mol. The van der Waals surface area contributed by atoms with Gasteiger partial charge in [0.25, 0.3) is 0 Å². The van der Waals surface area contributed by atoms with Crippen LogP contribution in [0.15, 0.2) is 34.7 Å². The number of aromatic nitrogens is 4. The van der Waals surface area contributed by atoms with Crippen LogP contribution >= 0.6 is 11.8 Å². The summed E-state index contributed by atoms with van der Waals surface area (Å²) in [7, 11) is 1.89. The standard InChI is InChI=1S/C11H14N4OS/c1-3-10(16)9-5-4-8(6-12-9)17-11-14-13-7-15(11)2/h4-7,10,16H,3H2,1-2H3/t10-/m1/s1. The second kappa shape index (κ2) is 5.29. The number of nitrogens with zero attached hydrogens (tertiary/aromatic N) is 4. The maximum absolute atomic E-state index is 9.63. The molecule has 0 radical (unpaired) electrons. The molecule has 17 heavy (non-hydrogen) atoms. The van der Waals surface area contributed by atoms with Gasteiger partial charge in [0.05, 0.1) is 11.8 Å². The zero-order valence-corrected chi connectivity index (χ0v) is 10.6. The molecule has 0 spiro atoms. The van der Waals surface area contributed by atoms with E-state index in [0.717, 1.165) is 10.1 Å². The average Bonchev–Trinajstić information content (AvgIpc) is 2.75. The van der Waals surface area contributed by atoms with Gasteiger partial charge in [-0.15, -0.1) is 10.2 Å². The van der Waals surface area contributed by atoms with Crippen LogP contribution in [0.4, 0.5) is 0 Å². The van der Waals surface area contributed by atoms with E-state index in [1.807, 2.05) is 30.7 Å². The summed E-state index contributed by atoms with van der Waals surface area (Å²) < 4.78 is 1.85. The van der Waals surface area contributed by atoms with Crippen LogP contribution in [-0.4, -0.2) is 24.9 Å². The van der Waals surface area contributed by atoms with Crippen LogP contribution in [0.1, 0.15) is 25.1 Å².